The number of rotatable bonds is 13. The van der Waals surface area contributed by atoms with Gasteiger partial charge in [0.2, 0.25) is 0 Å². The minimum Gasteiger partial charge on any atom is -0.489 e. The molecule has 0 aliphatic carbocycles. The maximum absolute atomic E-state index is 12.5. The van der Waals surface area contributed by atoms with Crippen molar-refractivity contribution in [1.82, 2.24) is 10.3 Å². The second-order valence-electron chi connectivity index (χ2n) is 9.07. The summed E-state index contributed by atoms with van der Waals surface area (Å²) in [5, 5.41) is 5.52. The van der Waals surface area contributed by atoms with E-state index in [0.29, 0.717) is 35.9 Å². The van der Waals surface area contributed by atoms with E-state index in [1.165, 1.54) is 18.3 Å². The molecule has 1 N–H and O–H groups in total. The van der Waals surface area contributed by atoms with Gasteiger partial charge in [-0.3, -0.25) is 9.59 Å². The fourth-order valence-corrected chi connectivity index (χ4v) is 4.58. The van der Waals surface area contributed by atoms with E-state index in [9.17, 15) is 14.4 Å². The van der Waals surface area contributed by atoms with Crippen molar-refractivity contribution in [3.05, 3.63) is 99.0 Å². The number of amides is 1. The molecule has 0 spiro atoms. The average Bonchev–Trinajstić information content (AvgIpc) is 3.40. The molecule has 0 fully saturated rings. The molecule has 8 nitrogen and oxygen atoms in total. The van der Waals surface area contributed by atoms with Crippen molar-refractivity contribution in [2.45, 2.75) is 46.8 Å². The summed E-state index contributed by atoms with van der Waals surface area (Å²) in [6.07, 6.45) is 4.08. The zero-order valence-corrected chi connectivity index (χ0v) is 24.0. The van der Waals surface area contributed by atoms with Crippen molar-refractivity contribution < 1.29 is 28.6 Å². The zero-order valence-electron chi connectivity index (χ0n) is 23.1. The molecule has 1 heterocycles. The second-order valence-corrected chi connectivity index (χ2v) is 9.96. The first kappa shape index (κ1) is 30.3. The maximum Gasteiger partial charge on any atom is 0.333 e. The standard InChI is InChI=1S/C31H34N2O6S/c1-5-37-31(36)22(3)15-21(2)16-26-20-40-30(32-26)28(33-29(35)19-38-23(4)34)17-24-11-13-27(14-12-24)39-18-25-9-7-6-8-10-25/h6-16,20,28H,5,17-19H2,1-4H3,(H,33,35)/t28-/m0/s1. The van der Waals surface area contributed by atoms with E-state index < -0.39 is 17.9 Å². The van der Waals surface area contributed by atoms with Crippen LogP contribution in [0.25, 0.3) is 6.08 Å². The number of esters is 2. The lowest BCUT2D eigenvalue weighted by molar-refractivity contribution is -0.146. The highest BCUT2D eigenvalue weighted by atomic mass is 32.1. The van der Waals surface area contributed by atoms with Crippen LogP contribution in [0.5, 0.6) is 5.75 Å². The number of ether oxygens (including phenoxy) is 3. The summed E-state index contributed by atoms with van der Waals surface area (Å²) in [6, 6.07) is 17.2. The van der Waals surface area contributed by atoms with Crippen molar-refractivity contribution in [2.24, 2.45) is 0 Å². The molecule has 3 rings (SSSR count). The number of allylic oxidation sites excluding steroid dienone is 2. The lowest BCUT2D eigenvalue weighted by atomic mass is 10.1. The molecule has 1 aromatic heterocycles. The Balaban J connectivity index is 1.73. The summed E-state index contributed by atoms with van der Waals surface area (Å²) in [4.78, 5) is 40.3. The number of nitrogens with zero attached hydrogens (tertiary/aromatic N) is 1. The number of aromatic nitrogens is 1. The minimum absolute atomic E-state index is 0.316. The molecule has 210 valence electrons. The van der Waals surface area contributed by atoms with E-state index in [1.54, 1.807) is 19.9 Å². The van der Waals surface area contributed by atoms with E-state index in [0.717, 1.165) is 22.4 Å². The molecule has 0 bridgehead atoms. The topological polar surface area (TPSA) is 104 Å². The Morgan fingerprint density at radius 2 is 1.70 bits per heavy atom. The van der Waals surface area contributed by atoms with Crippen LogP contribution in [0.2, 0.25) is 0 Å². The van der Waals surface area contributed by atoms with Crippen molar-refractivity contribution in [1.29, 1.82) is 0 Å². The van der Waals surface area contributed by atoms with Crippen molar-refractivity contribution in [3.8, 4) is 5.75 Å². The predicted molar refractivity (Wildman–Crippen MR) is 155 cm³/mol. The monoisotopic (exact) mass is 562 g/mol. The fraction of sp³-hybridized carbons (Fsp3) is 0.290. The van der Waals surface area contributed by atoms with Crippen LogP contribution in [-0.4, -0.2) is 36.0 Å². The molecule has 0 saturated heterocycles. The SMILES string of the molecule is CCOC(=O)C(C)=CC(C)=Cc1csc([C@H](Cc2ccc(OCc3ccccc3)cc2)NC(=O)COC(C)=O)n1. The molecule has 2 aromatic carbocycles. The Morgan fingerprint density at radius 3 is 2.38 bits per heavy atom. The Kier molecular flexibility index (Phi) is 11.6. The van der Waals surface area contributed by atoms with Gasteiger partial charge < -0.3 is 19.5 Å². The number of hydrogen-bond donors (Lipinski definition) is 1. The zero-order chi connectivity index (χ0) is 28.9. The van der Waals surface area contributed by atoms with Gasteiger partial charge >= 0.3 is 11.9 Å². The van der Waals surface area contributed by atoms with Gasteiger partial charge in [-0.1, -0.05) is 42.5 Å². The van der Waals surface area contributed by atoms with Crippen LogP contribution in [0.15, 0.2) is 77.2 Å². The van der Waals surface area contributed by atoms with E-state index in [-0.39, 0.29) is 12.6 Å². The van der Waals surface area contributed by atoms with Gasteiger partial charge in [-0.25, -0.2) is 9.78 Å². The summed E-state index contributed by atoms with van der Waals surface area (Å²) in [5.41, 5.74) is 4.09. The molecule has 3 aromatic rings. The van der Waals surface area contributed by atoms with Gasteiger partial charge in [0, 0.05) is 17.9 Å². The van der Waals surface area contributed by atoms with Crippen molar-refractivity contribution in [2.75, 3.05) is 13.2 Å². The van der Waals surface area contributed by atoms with Gasteiger partial charge in [-0.2, -0.15) is 0 Å². The number of thiazole rings is 1. The normalized spacial score (nSPS) is 12.4. The molecular formula is C31H34N2O6S. The van der Waals surface area contributed by atoms with Crippen LogP contribution < -0.4 is 10.1 Å². The Morgan fingerprint density at radius 1 is 0.975 bits per heavy atom. The Labute approximate surface area is 238 Å². The summed E-state index contributed by atoms with van der Waals surface area (Å²) in [5.74, 6) is -0.562. The summed E-state index contributed by atoms with van der Waals surface area (Å²) in [6.45, 7) is 7.02. The maximum atomic E-state index is 12.5. The lowest BCUT2D eigenvalue weighted by Gasteiger charge is -2.17. The van der Waals surface area contributed by atoms with Crippen molar-refractivity contribution >= 4 is 35.3 Å². The van der Waals surface area contributed by atoms with Crippen LogP contribution in [0.3, 0.4) is 0 Å². The van der Waals surface area contributed by atoms with E-state index >= 15 is 0 Å². The quantitative estimate of drug-likeness (QED) is 0.164. The summed E-state index contributed by atoms with van der Waals surface area (Å²) < 4.78 is 15.8. The van der Waals surface area contributed by atoms with E-state index in [2.05, 4.69) is 5.32 Å². The highest BCUT2D eigenvalue weighted by Gasteiger charge is 2.20. The highest BCUT2D eigenvalue weighted by Crippen LogP contribution is 2.25. The van der Waals surface area contributed by atoms with Crippen LogP contribution in [0.1, 0.15) is 55.6 Å². The Hall–Kier alpha value is -4.24. The van der Waals surface area contributed by atoms with Crippen molar-refractivity contribution in [3.63, 3.8) is 0 Å². The number of hydrogen-bond acceptors (Lipinski definition) is 8. The lowest BCUT2D eigenvalue weighted by Crippen LogP contribution is -2.33. The fourth-order valence-electron chi connectivity index (χ4n) is 3.75. The molecule has 0 saturated carbocycles. The molecule has 0 unspecified atom stereocenters. The Bertz CT molecular complexity index is 1350. The molecule has 1 atom stereocenters. The average molecular weight is 563 g/mol. The first-order valence-electron chi connectivity index (χ1n) is 12.9. The van der Waals surface area contributed by atoms with Gasteiger partial charge in [-0.05, 0) is 68.2 Å². The van der Waals surface area contributed by atoms with Crippen LogP contribution in [0.4, 0.5) is 0 Å². The third-order valence-electron chi connectivity index (χ3n) is 5.61. The predicted octanol–water partition coefficient (Wildman–Crippen LogP) is 5.60. The van der Waals surface area contributed by atoms with E-state index in [1.807, 2.05) is 73.0 Å². The minimum atomic E-state index is -0.527. The molecule has 0 aliphatic heterocycles. The summed E-state index contributed by atoms with van der Waals surface area (Å²) >= 11 is 1.41. The molecule has 1 amide bonds. The largest absolute Gasteiger partial charge is 0.489 e. The molecule has 9 heteroatoms. The van der Waals surface area contributed by atoms with Crippen LogP contribution in [0, 0.1) is 0 Å². The van der Waals surface area contributed by atoms with E-state index in [4.69, 9.17) is 19.2 Å². The third kappa shape index (κ3) is 10.1. The third-order valence-corrected chi connectivity index (χ3v) is 6.58. The number of nitrogens with one attached hydrogen (secondary N) is 1. The molecule has 40 heavy (non-hydrogen) atoms. The first-order chi connectivity index (χ1) is 19.2. The number of carbonyl (C=O) groups is 3. The number of carbonyl (C=O) groups excluding carboxylic acids is 3. The first-order valence-corrected chi connectivity index (χ1v) is 13.8. The summed E-state index contributed by atoms with van der Waals surface area (Å²) in [7, 11) is 0. The smallest absolute Gasteiger partial charge is 0.333 e. The highest BCUT2D eigenvalue weighted by molar-refractivity contribution is 7.09. The van der Waals surface area contributed by atoms with Crippen LogP contribution >= 0.6 is 11.3 Å². The van der Waals surface area contributed by atoms with Gasteiger partial charge in [0.05, 0.1) is 18.3 Å². The number of benzene rings is 2. The molecular weight excluding hydrogens is 528 g/mol. The van der Waals surface area contributed by atoms with Crippen LogP contribution in [-0.2, 0) is 36.9 Å². The van der Waals surface area contributed by atoms with Gasteiger partial charge in [0.25, 0.3) is 5.91 Å². The van der Waals surface area contributed by atoms with Gasteiger partial charge in [0.15, 0.2) is 6.61 Å². The van der Waals surface area contributed by atoms with Gasteiger partial charge in [0.1, 0.15) is 17.4 Å². The van der Waals surface area contributed by atoms with Gasteiger partial charge in [-0.15, -0.1) is 11.3 Å². The second kappa shape index (κ2) is 15.4. The molecule has 0 aliphatic rings. The molecule has 0 radical (unpaired) electrons.